The number of aryl methyl sites for hydroxylation is 2. The van der Waals surface area contributed by atoms with Crippen molar-refractivity contribution in [2.45, 2.75) is 45.9 Å². The van der Waals surface area contributed by atoms with Gasteiger partial charge in [0.15, 0.2) is 0 Å². The highest BCUT2D eigenvalue weighted by Crippen LogP contribution is 2.20. The quantitative estimate of drug-likeness (QED) is 0.858. The number of nitrogens with zero attached hydrogens (tertiary/aromatic N) is 1. The molecule has 1 aromatic carbocycles. The lowest BCUT2D eigenvalue weighted by molar-refractivity contribution is 0.154. The van der Waals surface area contributed by atoms with Crippen LogP contribution in [0.5, 0.6) is 0 Å². The normalized spacial score (nSPS) is 14.1. The number of thiazole rings is 1. The smallest absolute Gasteiger partial charge is 0.123 e. The van der Waals surface area contributed by atoms with Crippen molar-refractivity contribution in [3.8, 4) is 0 Å². The molecule has 0 radical (unpaired) electrons. The minimum atomic E-state index is -0.586. The molecular formula is C16H21FN2OS. The van der Waals surface area contributed by atoms with Gasteiger partial charge >= 0.3 is 0 Å². The molecular weight excluding hydrogens is 287 g/mol. The van der Waals surface area contributed by atoms with Crippen molar-refractivity contribution in [1.29, 1.82) is 0 Å². The van der Waals surface area contributed by atoms with E-state index in [4.69, 9.17) is 0 Å². The molecule has 3 nitrogen and oxygen atoms in total. The molecule has 2 atom stereocenters. The molecule has 0 saturated carbocycles. The lowest BCUT2D eigenvalue weighted by Crippen LogP contribution is -2.27. The van der Waals surface area contributed by atoms with Gasteiger partial charge in [-0.25, -0.2) is 9.37 Å². The van der Waals surface area contributed by atoms with Crippen LogP contribution in [0.3, 0.4) is 0 Å². The third-order valence-corrected chi connectivity index (χ3v) is 4.52. The van der Waals surface area contributed by atoms with E-state index in [-0.39, 0.29) is 11.9 Å². The summed E-state index contributed by atoms with van der Waals surface area (Å²) in [7, 11) is 0. The molecule has 0 aliphatic rings. The maximum Gasteiger partial charge on any atom is 0.123 e. The van der Waals surface area contributed by atoms with Gasteiger partial charge in [0.25, 0.3) is 0 Å². The van der Waals surface area contributed by atoms with Crippen LogP contribution >= 0.6 is 11.3 Å². The number of aliphatic hydroxyl groups excluding tert-OH is 1. The number of aromatic nitrogens is 1. The maximum atomic E-state index is 12.9. The van der Waals surface area contributed by atoms with Crippen LogP contribution in [0.25, 0.3) is 0 Å². The van der Waals surface area contributed by atoms with Gasteiger partial charge in [-0.2, -0.15) is 0 Å². The summed E-state index contributed by atoms with van der Waals surface area (Å²) in [6.07, 6.45) is 0.0000332. The van der Waals surface area contributed by atoms with Crippen molar-refractivity contribution in [3.05, 3.63) is 51.2 Å². The van der Waals surface area contributed by atoms with Crippen LogP contribution in [-0.2, 0) is 6.54 Å². The molecule has 0 aliphatic carbocycles. The topological polar surface area (TPSA) is 45.2 Å². The van der Waals surface area contributed by atoms with Crippen LogP contribution < -0.4 is 5.32 Å². The van der Waals surface area contributed by atoms with E-state index in [1.54, 1.807) is 23.5 Å². The number of hydrogen-bond acceptors (Lipinski definition) is 4. The van der Waals surface area contributed by atoms with Crippen molar-refractivity contribution >= 4 is 11.3 Å². The molecule has 114 valence electrons. The van der Waals surface area contributed by atoms with Gasteiger partial charge in [0.05, 0.1) is 16.8 Å². The predicted octanol–water partition coefficient (Wildman–Crippen LogP) is 3.50. The Hall–Kier alpha value is -1.30. The molecule has 0 unspecified atom stereocenters. The Kier molecular flexibility index (Phi) is 5.45. The molecule has 2 rings (SSSR count). The Labute approximate surface area is 128 Å². The van der Waals surface area contributed by atoms with Gasteiger partial charge in [0.2, 0.25) is 0 Å². The molecule has 2 N–H and O–H groups in total. The van der Waals surface area contributed by atoms with Gasteiger partial charge in [-0.3, -0.25) is 0 Å². The van der Waals surface area contributed by atoms with Gasteiger partial charge in [-0.15, -0.1) is 11.3 Å². The Morgan fingerprint density at radius 2 is 1.95 bits per heavy atom. The lowest BCUT2D eigenvalue weighted by atomic mass is 10.0. The first-order valence-corrected chi connectivity index (χ1v) is 7.87. The van der Waals surface area contributed by atoms with Gasteiger partial charge < -0.3 is 10.4 Å². The summed E-state index contributed by atoms with van der Waals surface area (Å²) in [6.45, 7) is 6.81. The second-order valence-electron chi connectivity index (χ2n) is 5.33. The Morgan fingerprint density at radius 1 is 1.29 bits per heavy atom. The minimum Gasteiger partial charge on any atom is -0.388 e. The molecule has 0 bridgehead atoms. The van der Waals surface area contributed by atoms with E-state index in [1.807, 2.05) is 20.8 Å². The van der Waals surface area contributed by atoms with Gasteiger partial charge in [-0.1, -0.05) is 12.1 Å². The summed E-state index contributed by atoms with van der Waals surface area (Å²) < 4.78 is 12.9. The number of nitrogens with one attached hydrogen (secondary N) is 1. The first kappa shape index (κ1) is 16.1. The zero-order chi connectivity index (χ0) is 15.4. The fourth-order valence-corrected chi connectivity index (χ4v) is 3.13. The molecule has 1 aromatic heterocycles. The van der Waals surface area contributed by atoms with Crippen molar-refractivity contribution < 1.29 is 9.50 Å². The highest BCUT2D eigenvalue weighted by molar-refractivity contribution is 7.11. The zero-order valence-electron chi connectivity index (χ0n) is 12.6. The number of aliphatic hydroxyl groups is 1. The molecule has 0 saturated heterocycles. The van der Waals surface area contributed by atoms with E-state index in [0.29, 0.717) is 6.42 Å². The van der Waals surface area contributed by atoms with Gasteiger partial charge in [0.1, 0.15) is 5.82 Å². The highest BCUT2D eigenvalue weighted by Gasteiger charge is 2.13. The Balaban J connectivity index is 1.85. The van der Waals surface area contributed by atoms with Crippen LogP contribution in [0.2, 0.25) is 0 Å². The number of hydrogen-bond donors (Lipinski definition) is 2. The second-order valence-corrected chi connectivity index (χ2v) is 6.61. The van der Waals surface area contributed by atoms with E-state index < -0.39 is 6.10 Å². The first-order chi connectivity index (χ1) is 9.95. The molecule has 0 spiro atoms. The van der Waals surface area contributed by atoms with Gasteiger partial charge in [-0.05, 0) is 44.9 Å². The largest absolute Gasteiger partial charge is 0.388 e. The van der Waals surface area contributed by atoms with Crippen molar-refractivity contribution in [1.82, 2.24) is 10.3 Å². The van der Waals surface area contributed by atoms with E-state index in [1.165, 1.54) is 17.0 Å². The number of rotatable bonds is 6. The summed E-state index contributed by atoms with van der Waals surface area (Å²) in [5.74, 6) is -0.284. The van der Waals surface area contributed by atoms with E-state index in [9.17, 15) is 9.50 Å². The van der Waals surface area contributed by atoms with Crippen molar-refractivity contribution in [2.24, 2.45) is 0 Å². The molecule has 21 heavy (non-hydrogen) atoms. The molecule has 0 fully saturated rings. The van der Waals surface area contributed by atoms with Crippen molar-refractivity contribution in [2.75, 3.05) is 0 Å². The van der Waals surface area contributed by atoms with E-state index >= 15 is 0 Å². The Bertz CT molecular complexity index is 582. The summed E-state index contributed by atoms with van der Waals surface area (Å²) in [6, 6.07) is 6.17. The van der Waals surface area contributed by atoms with Crippen LogP contribution in [0.1, 0.15) is 40.6 Å². The van der Waals surface area contributed by atoms with E-state index in [0.717, 1.165) is 22.8 Å². The van der Waals surface area contributed by atoms with Crippen LogP contribution in [0.4, 0.5) is 4.39 Å². The zero-order valence-corrected chi connectivity index (χ0v) is 13.4. The first-order valence-electron chi connectivity index (χ1n) is 7.05. The molecule has 0 aliphatic heterocycles. The molecule has 2 aromatic rings. The molecule has 1 heterocycles. The average molecular weight is 308 g/mol. The molecule has 0 amide bonds. The highest BCUT2D eigenvalue weighted by atomic mass is 32.1. The predicted molar refractivity (Wildman–Crippen MR) is 83.9 cm³/mol. The average Bonchev–Trinajstić information content (AvgIpc) is 2.75. The fourth-order valence-electron chi connectivity index (χ4n) is 2.24. The van der Waals surface area contributed by atoms with E-state index in [2.05, 4.69) is 10.3 Å². The second kappa shape index (κ2) is 7.11. The summed E-state index contributed by atoms with van der Waals surface area (Å²) in [5, 5.41) is 14.6. The monoisotopic (exact) mass is 308 g/mol. The number of benzene rings is 1. The fraction of sp³-hybridized carbons (Fsp3) is 0.438. The lowest BCUT2D eigenvalue weighted by Gasteiger charge is -2.18. The third-order valence-electron chi connectivity index (χ3n) is 3.44. The molecule has 5 heteroatoms. The maximum absolute atomic E-state index is 12.9. The van der Waals surface area contributed by atoms with Crippen molar-refractivity contribution in [3.63, 3.8) is 0 Å². The summed E-state index contributed by atoms with van der Waals surface area (Å²) in [5.41, 5.74) is 1.81. The Morgan fingerprint density at radius 3 is 2.52 bits per heavy atom. The van der Waals surface area contributed by atoms with Crippen LogP contribution in [0.15, 0.2) is 24.3 Å². The SMILES string of the molecule is Cc1nc(C)c(CN[C@@H](C)C[C@H](O)c2ccc(F)cc2)s1. The van der Waals surface area contributed by atoms with Crippen LogP contribution in [0, 0.1) is 19.7 Å². The minimum absolute atomic E-state index is 0.159. The summed E-state index contributed by atoms with van der Waals surface area (Å²) >= 11 is 1.70. The third kappa shape index (κ3) is 4.59. The van der Waals surface area contributed by atoms with Crippen LogP contribution in [-0.4, -0.2) is 16.1 Å². The van der Waals surface area contributed by atoms with Gasteiger partial charge in [0, 0.05) is 17.5 Å². The summed E-state index contributed by atoms with van der Waals surface area (Å²) in [4.78, 5) is 5.63. The number of halogens is 1. The standard InChI is InChI=1S/C16H21FN2OS/c1-10(18-9-16-11(2)19-12(3)21-16)8-15(20)13-4-6-14(17)7-5-13/h4-7,10,15,18,20H,8-9H2,1-3H3/t10-,15-/m0/s1.